The summed E-state index contributed by atoms with van der Waals surface area (Å²) in [5.74, 6) is 0.824. The lowest BCUT2D eigenvalue weighted by molar-refractivity contribution is -0.522. The van der Waals surface area contributed by atoms with Gasteiger partial charge in [0.2, 0.25) is 0 Å². The van der Waals surface area contributed by atoms with Crippen LogP contribution >= 0.6 is 0 Å². The third kappa shape index (κ3) is 13.2. The summed E-state index contributed by atoms with van der Waals surface area (Å²) in [5.41, 5.74) is 21.1. The molecule has 0 aliphatic carbocycles. The topological polar surface area (TPSA) is 110 Å². The SMILES string of the molecule is CC[N+](CC)=C(N)N.CC[N+](CC)=C(N)N.[Cl-].[Cl-]. The summed E-state index contributed by atoms with van der Waals surface area (Å²) in [4.78, 5) is 0. The van der Waals surface area contributed by atoms with Gasteiger partial charge in [0.1, 0.15) is 0 Å². The van der Waals surface area contributed by atoms with Crippen molar-refractivity contribution in [2.24, 2.45) is 22.9 Å². The Bertz CT molecular complexity index is 207. The summed E-state index contributed by atoms with van der Waals surface area (Å²) < 4.78 is 3.78. The van der Waals surface area contributed by atoms with Crippen LogP contribution in [0.25, 0.3) is 0 Å². The average molecular weight is 303 g/mol. The molecule has 0 aromatic heterocycles. The Morgan fingerprint density at radius 3 is 0.778 bits per heavy atom. The maximum absolute atomic E-state index is 5.28. The van der Waals surface area contributed by atoms with E-state index in [0.717, 1.165) is 26.2 Å². The van der Waals surface area contributed by atoms with Crippen molar-refractivity contribution in [3.63, 3.8) is 0 Å². The van der Waals surface area contributed by atoms with Gasteiger partial charge in [0.05, 0.1) is 26.2 Å². The molecule has 0 bridgehead atoms. The third-order valence-corrected chi connectivity index (χ3v) is 2.26. The van der Waals surface area contributed by atoms with Gasteiger partial charge in [-0.15, -0.1) is 0 Å². The third-order valence-electron chi connectivity index (χ3n) is 2.26. The molecule has 8 heteroatoms. The van der Waals surface area contributed by atoms with Gasteiger partial charge in [-0.3, -0.25) is 32.1 Å². The standard InChI is InChI=1S/2C5H13N3.2ClH/c2*1-3-8(4-2)5(6)7;;/h2*3-4H2,1-2H3,(H3,6,7);2*1H. The Morgan fingerprint density at radius 2 is 0.778 bits per heavy atom. The first-order chi connectivity index (χ1) is 7.44. The molecule has 112 valence electrons. The molecule has 6 nitrogen and oxygen atoms in total. The fourth-order valence-electron chi connectivity index (χ4n) is 1.18. The lowest BCUT2D eigenvalue weighted by Gasteiger charge is -1.99. The molecule has 0 aliphatic rings. The molecule has 0 heterocycles. The Balaban J connectivity index is -0.0000000980. The van der Waals surface area contributed by atoms with Crippen molar-refractivity contribution in [2.75, 3.05) is 26.2 Å². The molecule has 0 spiro atoms. The Hall–Kier alpha value is -0.880. The maximum Gasteiger partial charge on any atom is 0.341 e. The van der Waals surface area contributed by atoms with Crippen molar-refractivity contribution in [3.05, 3.63) is 0 Å². The van der Waals surface area contributed by atoms with Gasteiger partial charge < -0.3 is 24.8 Å². The van der Waals surface area contributed by atoms with Gasteiger partial charge in [0.15, 0.2) is 0 Å². The van der Waals surface area contributed by atoms with E-state index in [1.54, 1.807) is 0 Å². The number of rotatable bonds is 4. The van der Waals surface area contributed by atoms with Gasteiger partial charge in [-0.1, -0.05) is 0 Å². The van der Waals surface area contributed by atoms with Gasteiger partial charge in [-0.2, -0.15) is 0 Å². The number of guanidine groups is 2. The van der Waals surface area contributed by atoms with Crippen molar-refractivity contribution in [1.82, 2.24) is 0 Å². The number of halogens is 2. The number of nitrogens with zero attached hydrogens (tertiary/aromatic N) is 2. The minimum atomic E-state index is 0. The molecule has 0 unspecified atom stereocenters. The van der Waals surface area contributed by atoms with Crippen molar-refractivity contribution < 1.29 is 34.0 Å². The molecule has 0 amide bonds. The minimum absolute atomic E-state index is 0. The van der Waals surface area contributed by atoms with Gasteiger partial charge in [0, 0.05) is 0 Å². The van der Waals surface area contributed by atoms with E-state index in [4.69, 9.17) is 22.9 Å². The van der Waals surface area contributed by atoms with Crippen molar-refractivity contribution >= 4 is 11.9 Å². The molecule has 0 fully saturated rings. The highest BCUT2D eigenvalue weighted by atomic mass is 35.5. The quantitative estimate of drug-likeness (QED) is 0.235. The Morgan fingerprint density at radius 1 is 0.611 bits per heavy atom. The van der Waals surface area contributed by atoms with E-state index in [9.17, 15) is 0 Å². The first kappa shape index (κ1) is 25.8. The maximum atomic E-state index is 5.28. The van der Waals surface area contributed by atoms with Crippen LogP contribution in [-0.2, 0) is 0 Å². The van der Waals surface area contributed by atoms with E-state index in [1.807, 2.05) is 36.8 Å². The monoisotopic (exact) mass is 302 g/mol. The van der Waals surface area contributed by atoms with Crippen LogP contribution in [0.15, 0.2) is 0 Å². The summed E-state index contributed by atoms with van der Waals surface area (Å²) in [7, 11) is 0. The Labute approximate surface area is 123 Å². The van der Waals surface area contributed by atoms with Gasteiger partial charge in [-0.05, 0) is 27.7 Å². The summed E-state index contributed by atoms with van der Waals surface area (Å²) in [5, 5.41) is 0. The average Bonchev–Trinajstić information content (AvgIpc) is 2.21. The van der Waals surface area contributed by atoms with Crippen LogP contribution < -0.4 is 47.7 Å². The number of hydrogen-bond donors (Lipinski definition) is 4. The van der Waals surface area contributed by atoms with Gasteiger partial charge in [-0.25, -0.2) is 0 Å². The highest BCUT2D eigenvalue weighted by molar-refractivity contribution is 5.70. The minimum Gasteiger partial charge on any atom is -1.00 e. The predicted molar refractivity (Wildman–Crippen MR) is 69.4 cm³/mol. The number of nitrogens with two attached hydrogens (primary N) is 4. The highest BCUT2D eigenvalue weighted by Crippen LogP contribution is 1.69. The second-order valence-corrected chi connectivity index (χ2v) is 3.19. The molecule has 0 rings (SSSR count). The zero-order chi connectivity index (χ0) is 13.1. The van der Waals surface area contributed by atoms with Gasteiger partial charge in [0.25, 0.3) is 0 Å². The van der Waals surface area contributed by atoms with Crippen LogP contribution in [0.4, 0.5) is 0 Å². The second-order valence-electron chi connectivity index (χ2n) is 3.19. The van der Waals surface area contributed by atoms with E-state index in [2.05, 4.69) is 0 Å². The van der Waals surface area contributed by atoms with Crippen LogP contribution in [0.5, 0.6) is 0 Å². The largest absolute Gasteiger partial charge is 1.00 e. The van der Waals surface area contributed by atoms with Crippen LogP contribution in [0.3, 0.4) is 0 Å². The normalized spacial score (nSPS) is 7.78. The fraction of sp³-hybridized carbons (Fsp3) is 0.800. The molecule has 0 atom stereocenters. The molecule has 0 radical (unpaired) electrons. The molecule has 18 heavy (non-hydrogen) atoms. The number of hydrogen-bond acceptors (Lipinski definition) is 0. The first-order valence-electron chi connectivity index (χ1n) is 5.70. The van der Waals surface area contributed by atoms with Gasteiger partial charge >= 0.3 is 11.9 Å². The van der Waals surface area contributed by atoms with Crippen molar-refractivity contribution in [3.8, 4) is 0 Å². The molecule has 0 aromatic rings. The lowest BCUT2D eigenvalue weighted by atomic mass is 10.6. The summed E-state index contributed by atoms with van der Waals surface area (Å²) >= 11 is 0. The van der Waals surface area contributed by atoms with Crippen LogP contribution in [0.2, 0.25) is 0 Å². The zero-order valence-corrected chi connectivity index (χ0v) is 13.3. The molecule has 8 N–H and O–H groups in total. The molecule has 0 aliphatic heterocycles. The molecular weight excluding hydrogens is 275 g/mol. The summed E-state index contributed by atoms with van der Waals surface area (Å²) in [6, 6.07) is 0. The van der Waals surface area contributed by atoms with E-state index in [1.165, 1.54) is 0 Å². The predicted octanol–water partition coefficient (Wildman–Crippen LogP) is -7.37. The highest BCUT2D eigenvalue weighted by Gasteiger charge is 1.94. The van der Waals surface area contributed by atoms with Crippen molar-refractivity contribution in [1.29, 1.82) is 0 Å². The van der Waals surface area contributed by atoms with E-state index in [0.29, 0.717) is 11.9 Å². The summed E-state index contributed by atoms with van der Waals surface area (Å²) in [6.07, 6.45) is 0. The molecule has 0 aromatic carbocycles. The Kier molecular flexibility index (Phi) is 23.1. The summed E-state index contributed by atoms with van der Waals surface area (Å²) in [6.45, 7) is 11.6. The smallest absolute Gasteiger partial charge is 0.341 e. The van der Waals surface area contributed by atoms with E-state index in [-0.39, 0.29) is 24.8 Å². The van der Waals surface area contributed by atoms with Crippen LogP contribution in [-0.4, -0.2) is 47.2 Å². The lowest BCUT2D eigenvalue weighted by Crippen LogP contribution is -3.00. The van der Waals surface area contributed by atoms with E-state index < -0.39 is 0 Å². The zero-order valence-electron chi connectivity index (χ0n) is 11.8. The van der Waals surface area contributed by atoms with Crippen LogP contribution in [0, 0.1) is 0 Å². The molecule has 0 saturated heterocycles. The van der Waals surface area contributed by atoms with Crippen LogP contribution in [0.1, 0.15) is 27.7 Å². The molecule has 0 saturated carbocycles. The van der Waals surface area contributed by atoms with E-state index >= 15 is 0 Å². The first-order valence-corrected chi connectivity index (χ1v) is 5.70. The molecular formula is C10H28Cl2N6. The van der Waals surface area contributed by atoms with Crippen molar-refractivity contribution in [2.45, 2.75) is 27.7 Å². The fourth-order valence-corrected chi connectivity index (χ4v) is 1.18. The second kappa shape index (κ2) is 16.1.